The van der Waals surface area contributed by atoms with E-state index in [0.717, 1.165) is 18.7 Å². The molecule has 1 amide bonds. The molecule has 0 atom stereocenters. The van der Waals surface area contributed by atoms with Crippen molar-refractivity contribution in [2.24, 2.45) is 0 Å². The van der Waals surface area contributed by atoms with Crippen molar-refractivity contribution in [3.63, 3.8) is 0 Å². The topological polar surface area (TPSA) is 41.1 Å². The maximum absolute atomic E-state index is 11.2. The number of benzene rings is 1. The van der Waals surface area contributed by atoms with Crippen LogP contribution in [0.1, 0.15) is 13.3 Å². The average Bonchev–Trinajstić information content (AvgIpc) is 2.25. The van der Waals surface area contributed by atoms with E-state index in [-0.39, 0.29) is 5.91 Å². The second-order valence-corrected chi connectivity index (χ2v) is 3.65. The Balaban J connectivity index is 2.30. The number of carbonyl (C=O) groups is 1. The molecule has 0 fully saturated rings. The van der Waals surface area contributed by atoms with Gasteiger partial charge in [-0.25, -0.2) is 0 Å². The Kier molecular flexibility index (Phi) is 4.98. The molecule has 0 heterocycles. The summed E-state index contributed by atoms with van der Waals surface area (Å²) in [6, 6.07) is 7.26. The van der Waals surface area contributed by atoms with Gasteiger partial charge in [0.25, 0.3) is 0 Å². The lowest BCUT2D eigenvalue weighted by Gasteiger charge is -2.06. The third-order valence-electron chi connectivity index (χ3n) is 1.87. The first kappa shape index (κ1) is 11.9. The summed E-state index contributed by atoms with van der Waals surface area (Å²) in [5.74, 6) is 0.00630. The van der Waals surface area contributed by atoms with E-state index in [1.807, 2.05) is 19.1 Å². The molecule has 1 aromatic rings. The highest BCUT2D eigenvalue weighted by atomic mass is 35.5. The molecule has 0 aliphatic rings. The fraction of sp³-hybridized carbons (Fsp3) is 0.364. The predicted octanol–water partition coefficient (Wildman–Crippen LogP) is 2.28. The van der Waals surface area contributed by atoms with Crippen LogP contribution < -0.4 is 10.6 Å². The van der Waals surface area contributed by atoms with Crippen LogP contribution in [0.25, 0.3) is 0 Å². The normalized spacial score (nSPS) is 9.73. The van der Waals surface area contributed by atoms with Gasteiger partial charge in [-0.15, -0.1) is 0 Å². The molecule has 0 unspecified atom stereocenters. The van der Waals surface area contributed by atoms with Gasteiger partial charge in [0.15, 0.2) is 0 Å². The standard InChI is InChI=1S/C11H15ClN2O/c1-2-7-13-11(15)8-14-10-5-3-9(12)4-6-10/h3-6,14H,2,7-8H2,1H3,(H,13,15). The fourth-order valence-electron chi connectivity index (χ4n) is 1.08. The van der Waals surface area contributed by atoms with E-state index in [1.54, 1.807) is 12.1 Å². The van der Waals surface area contributed by atoms with Crippen LogP contribution in [-0.4, -0.2) is 19.0 Å². The Labute approximate surface area is 94.8 Å². The Hall–Kier alpha value is -1.22. The number of anilines is 1. The van der Waals surface area contributed by atoms with Crippen LogP contribution in [0.5, 0.6) is 0 Å². The number of hydrogen-bond donors (Lipinski definition) is 2. The lowest BCUT2D eigenvalue weighted by Crippen LogP contribution is -2.30. The third kappa shape index (κ3) is 4.70. The van der Waals surface area contributed by atoms with E-state index >= 15 is 0 Å². The van der Waals surface area contributed by atoms with Crippen LogP contribution in [0, 0.1) is 0 Å². The zero-order chi connectivity index (χ0) is 11.1. The highest BCUT2D eigenvalue weighted by Crippen LogP contribution is 2.12. The smallest absolute Gasteiger partial charge is 0.239 e. The molecule has 1 aromatic carbocycles. The van der Waals surface area contributed by atoms with Crippen LogP contribution >= 0.6 is 11.6 Å². The number of halogens is 1. The number of nitrogens with one attached hydrogen (secondary N) is 2. The van der Waals surface area contributed by atoms with Crippen molar-refractivity contribution in [2.75, 3.05) is 18.4 Å². The number of rotatable bonds is 5. The summed E-state index contributed by atoms with van der Waals surface area (Å²) in [6.07, 6.45) is 0.951. The van der Waals surface area contributed by atoms with Crippen LogP contribution in [0.2, 0.25) is 5.02 Å². The maximum Gasteiger partial charge on any atom is 0.239 e. The van der Waals surface area contributed by atoms with Gasteiger partial charge in [-0.2, -0.15) is 0 Å². The summed E-state index contributed by atoms with van der Waals surface area (Å²) in [7, 11) is 0. The molecule has 1 rings (SSSR count). The molecule has 0 bridgehead atoms. The van der Waals surface area contributed by atoms with Crippen molar-refractivity contribution in [3.8, 4) is 0 Å². The van der Waals surface area contributed by atoms with Crippen molar-refractivity contribution in [1.82, 2.24) is 5.32 Å². The van der Waals surface area contributed by atoms with Crippen molar-refractivity contribution < 1.29 is 4.79 Å². The minimum Gasteiger partial charge on any atom is -0.376 e. The number of amides is 1. The Morgan fingerprint density at radius 1 is 1.33 bits per heavy atom. The molecule has 15 heavy (non-hydrogen) atoms. The molecule has 0 saturated carbocycles. The monoisotopic (exact) mass is 226 g/mol. The van der Waals surface area contributed by atoms with Crippen LogP contribution in [0.4, 0.5) is 5.69 Å². The minimum absolute atomic E-state index is 0.00630. The zero-order valence-electron chi connectivity index (χ0n) is 8.72. The molecule has 0 radical (unpaired) electrons. The first-order valence-corrected chi connectivity index (χ1v) is 5.36. The van der Waals surface area contributed by atoms with Gasteiger partial charge in [0.2, 0.25) is 5.91 Å². The lowest BCUT2D eigenvalue weighted by atomic mass is 10.3. The largest absolute Gasteiger partial charge is 0.376 e. The molecule has 0 spiro atoms. The second-order valence-electron chi connectivity index (χ2n) is 3.21. The summed E-state index contributed by atoms with van der Waals surface area (Å²) < 4.78 is 0. The van der Waals surface area contributed by atoms with Gasteiger partial charge >= 0.3 is 0 Å². The molecule has 3 nitrogen and oxygen atoms in total. The summed E-state index contributed by atoms with van der Waals surface area (Å²) in [4.78, 5) is 11.2. The van der Waals surface area contributed by atoms with Crippen molar-refractivity contribution in [2.45, 2.75) is 13.3 Å². The molecule has 0 aliphatic heterocycles. The Bertz CT molecular complexity index is 311. The van der Waals surface area contributed by atoms with E-state index in [9.17, 15) is 4.79 Å². The first-order valence-electron chi connectivity index (χ1n) is 4.98. The summed E-state index contributed by atoms with van der Waals surface area (Å²) in [6.45, 7) is 3.04. The zero-order valence-corrected chi connectivity index (χ0v) is 9.47. The summed E-state index contributed by atoms with van der Waals surface area (Å²) in [5, 5.41) is 6.49. The lowest BCUT2D eigenvalue weighted by molar-refractivity contribution is -0.119. The average molecular weight is 227 g/mol. The van der Waals surface area contributed by atoms with Gasteiger partial charge in [-0.05, 0) is 30.7 Å². The quantitative estimate of drug-likeness (QED) is 0.809. The fourth-order valence-corrected chi connectivity index (χ4v) is 1.20. The second kappa shape index (κ2) is 6.30. The number of hydrogen-bond acceptors (Lipinski definition) is 2. The van der Waals surface area contributed by atoms with Gasteiger partial charge in [-0.1, -0.05) is 18.5 Å². The van der Waals surface area contributed by atoms with Crippen molar-refractivity contribution in [3.05, 3.63) is 29.3 Å². The van der Waals surface area contributed by atoms with Crippen molar-refractivity contribution >= 4 is 23.2 Å². The molecule has 4 heteroatoms. The molecule has 0 aliphatic carbocycles. The van der Waals surface area contributed by atoms with Gasteiger partial charge in [0.05, 0.1) is 6.54 Å². The third-order valence-corrected chi connectivity index (χ3v) is 2.12. The molecule has 2 N–H and O–H groups in total. The highest BCUT2D eigenvalue weighted by molar-refractivity contribution is 6.30. The van der Waals surface area contributed by atoms with E-state index < -0.39 is 0 Å². The molecule has 82 valence electrons. The van der Waals surface area contributed by atoms with Gasteiger partial charge in [-0.3, -0.25) is 4.79 Å². The SMILES string of the molecule is CCCNC(=O)CNc1ccc(Cl)cc1. The first-order chi connectivity index (χ1) is 7.22. The number of carbonyl (C=O) groups excluding carboxylic acids is 1. The molecule has 0 saturated heterocycles. The van der Waals surface area contributed by atoms with E-state index in [0.29, 0.717) is 11.6 Å². The van der Waals surface area contributed by atoms with Crippen LogP contribution in [0.15, 0.2) is 24.3 Å². The molecule has 0 aromatic heterocycles. The molecular weight excluding hydrogens is 212 g/mol. The molecular formula is C11H15ClN2O. The van der Waals surface area contributed by atoms with Gasteiger partial charge in [0, 0.05) is 17.3 Å². The van der Waals surface area contributed by atoms with Crippen molar-refractivity contribution in [1.29, 1.82) is 0 Å². The van der Waals surface area contributed by atoms with E-state index in [4.69, 9.17) is 11.6 Å². The Morgan fingerprint density at radius 2 is 2.00 bits per heavy atom. The van der Waals surface area contributed by atoms with E-state index in [2.05, 4.69) is 10.6 Å². The summed E-state index contributed by atoms with van der Waals surface area (Å²) in [5.41, 5.74) is 0.894. The summed E-state index contributed by atoms with van der Waals surface area (Å²) >= 11 is 5.74. The van der Waals surface area contributed by atoms with E-state index in [1.165, 1.54) is 0 Å². The predicted molar refractivity (Wildman–Crippen MR) is 63.2 cm³/mol. The highest BCUT2D eigenvalue weighted by Gasteiger charge is 1.99. The van der Waals surface area contributed by atoms with Crippen LogP contribution in [-0.2, 0) is 4.79 Å². The van der Waals surface area contributed by atoms with Crippen LogP contribution in [0.3, 0.4) is 0 Å². The van der Waals surface area contributed by atoms with Gasteiger partial charge < -0.3 is 10.6 Å². The minimum atomic E-state index is 0.00630. The Morgan fingerprint density at radius 3 is 2.60 bits per heavy atom. The maximum atomic E-state index is 11.2. The van der Waals surface area contributed by atoms with Gasteiger partial charge in [0.1, 0.15) is 0 Å².